The normalized spacial score (nSPS) is 18.5. The Bertz CT molecular complexity index is 1540. The molecule has 0 aromatic heterocycles. The van der Waals surface area contributed by atoms with Crippen molar-refractivity contribution in [3.05, 3.63) is 60.8 Å². The van der Waals surface area contributed by atoms with Gasteiger partial charge in [-0.3, -0.25) is 14.4 Å². The van der Waals surface area contributed by atoms with Crippen molar-refractivity contribution in [2.24, 2.45) is 0 Å². The molecule has 1 saturated heterocycles. The van der Waals surface area contributed by atoms with Crippen LogP contribution in [0.3, 0.4) is 0 Å². The van der Waals surface area contributed by atoms with Crippen LogP contribution in [0.5, 0.6) is 0 Å². The average Bonchev–Trinajstić information content (AvgIpc) is 3.39. The predicted octanol–water partition coefficient (Wildman–Crippen LogP) is 15.6. The molecule has 0 aliphatic carbocycles. The minimum Gasteiger partial charge on any atom is -0.479 e. The van der Waals surface area contributed by atoms with E-state index in [9.17, 15) is 34.5 Å². The van der Waals surface area contributed by atoms with Crippen LogP contribution in [0.1, 0.15) is 265 Å². The molecule has 6 unspecified atom stereocenters. The van der Waals surface area contributed by atoms with Gasteiger partial charge in [0.05, 0.1) is 6.61 Å². The van der Waals surface area contributed by atoms with Crippen molar-refractivity contribution in [3.8, 4) is 0 Å². The molecule has 1 aliphatic rings. The van der Waals surface area contributed by atoms with E-state index in [-0.39, 0.29) is 25.9 Å². The molecular formula is C63H108O12. The third kappa shape index (κ3) is 41.2. The standard InChI is InChI=1S/C63H108O12/c1-4-7-10-13-16-19-22-25-27-28-30-33-36-39-42-45-48-51-57(66)74-61-59(68)58(67)60(62(69)70)75-63(61)72-53-54(73-56(65)50-47-44-41-38-35-31-24-21-18-15-12-9-6-3)52-71-55(64)49-46-43-40-37-34-32-29-26-23-20-17-14-11-8-5-2/h7,10,16-17,19-20,25-27,29,54,58-61,63,67-68H,4-6,8-9,11-15,18,21-24,28,30-53H2,1-3H3,(H,69,70)/b10-7-,19-16-,20-17-,27-25-,29-26-. The van der Waals surface area contributed by atoms with Gasteiger partial charge in [0.25, 0.3) is 0 Å². The monoisotopic (exact) mass is 1060 g/mol. The number of hydrogen-bond donors (Lipinski definition) is 3. The topological polar surface area (TPSA) is 175 Å². The summed E-state index contributed by atoms with van der Waals surface area (Å²) in [7, 11) is 0. The molecule has 12 nitrogen and oxygen atoms in total. The molecule has 0 bridgehead atoms. The molecule has 0 aromatic carbocycles. The van der Waals surface area contributed by atoms with E-state index in [4.69, 9.17) is 23.7 Å². The smallest absolute Gasteiger partial charge is 0.335 e. The molecule has 0 radical (unpaired) electrons. The van der Waals surface area contributed by atoms with E-state index in [0.717, 1.165) is 128 Å². The number of carboxylic acid groups (broad SMARTS) is 1. The summed E-state index contributed by atoms with van der Waals surface area (Å²) >= 11 is 0. The maximum Gasteiger partial charge on any atom is 0.335 e. The van der Waals surface area contributed by atoms with Gasteiger partial charge in [-0.05, 0) is 83.5 Å². The number of carboxylic acids is 1. The lowest BCUT2D eigenvalue weighted by atomic mass is 9.98. The molecule has 1 aliphatic heterocycles. The van der Waals surface area contributed by atoms with E-state index >= 15 is 0 Å². The molecule has 12 heteroatoms. The van der Waals surface area contributed by atoms with E-state index in [1.54, 1.807) is 0 Å². The van der Waals surface area contributed by atoms with Crippen LogP contribution in [0.4, 0.5) is 0 Å². The van der Waals surface area contributed by atoms with Gasteiger partial charge in [-0.2, -0.15) is 0 Å². The molecular weight excluding hydrogens is 949 g/mol. The zero-order chi connectivity index (χ0) is 54.7. The lowest BCUT2D eigenvalue weighted by Crippen LogP contribution is -2.61. The van der Waals surface area contributed by atoms with Crippen LogP contribution in [0.25, 0.3) is 0 Å². The van der Waals surface area contributed by atoms with Gasteiger partial charge in [-0.1, -0.05) is 223 Å². The summed E-state index contributed by atoms with van der Waals surface area (Å²) in [6.07, 6.45) is 50.4. The van der Waals surface area contributed by atoms with Crippen molar-refractivity contribution < 1.29 is 58.2 Å². The summed E-state index contributed by atoms with van der Waals surface area (Å²) < 4.78 is 28.4. The van der Waals surface area contributed by atoms with Crippen molar-refractivity contribution >= 4 is 23.9 Å². The molecule has 0 amide bonds. The fourth-order valence-electron chi connectivity index (χ4n) is 8.94. The zero-order valence-electron chi connectivity index (χ0n) is 47.5. The summed E-state index contributed by atoms with van der Waals surface area (Å²) in [4.78, 5) is 51.1. The second kappa shape index (κ2) is 51.2. The Kier molecular flexibility index (Phi) is 47.4. The number of ether oxygens (including phenoxy) is 5. The fourth-order valence-corrected chi connectivity index (χ4v) is 8.94. The predicted molar refractivity (Wildman–Crippen MR) is 303 cm³/mol. The molecule has 0 saturated carbocycles. The second-order valence-corrected chi connectivity index (χ2v) is 20.6. The highest BCUT2D eigenvalue weighted by Gasteiger charge is 2.50. The summed E-state index contributed by atoms with van der Waals surface area (Å²) in [5.74, 6) is -3.13. The molecule has 432 valence electrons. The summed E-state index contributed by atoms with van der Waals surface area (Å²) in [6.45, 7) is 5.85. The van der Waals surface area contributed by atoms with Gasteiger partial charge in [0.15, 0.2) is 24.6 Å². The van der Waals surface area contributed by atoms with E-state index in [1.165, 1.54) is 77.0 Å². The van der Waals surface area contributed by atoms with Crippen molar-refractivity contribution in [1.82, 2.24) is 0 Å². The molecule has 1 fully saturated rings. The molecule has 0 spiro atoms. The molecule has 1 heterocycles. The number of allylic oxidation sites excluding steroid dienone is 10. The van der Waals surface area contributed by atoms with Crippen LogP contribution in [0, 0.1) is 0 Å². The first-order chi connectivity index (χ1) is 36.6. The highest BCUT2D eigenvalue weighted by molar-refractivity contribution is 5.74. The maximum atomic E-state index is 13.1. The molecule has 1 rings (SSSR count). The van der Waals surface area contributed by atoms with Crippen LogP contribution in [-0.4, -0.2) is 89.2 Å². The Labute approximate surface area is 456 Å². The van der Waals surface area contributed by atoms with Gasteiger partial charge in [-0.15, -0.1) is 0 Å². The Balaban J connectivity index is 2.69. The fraction of sp³-hybridized carbons (Fsp3) is 0.778. The van der Waals surface area contributed by atoms with Gasteiger partial charge in [0.1, 0.15) is 18.8 Å². The van der Waals surface area contributed by atoms with E-state index < -0.39 is 67.3 Å². The number of aliphatic hydroxyl groups is 2. The largest absolute Gasteiger partial charge is 0.479 e. The molecule has 3 N–H and O–H groups in total. The van der Waals surface area contributed by atoms with E-state index in [2.05, 4.69) is 81.5 Å². The number of aliphatic carboxylic acids is 1. The van der Waals surface area contributed by atoms with Gasteiger partial charge in [0.2, 0.25) is 0 Å². The molecule has 6 atom stereocenters. The van der Waals surface area contributed by atoms with Gasteiger partial charge < -0.3 is 39.0 Å². The minimum atomic E-state index is -1.91. The average molecular weight is 1060 g/mol. The first-order valence-corrected chi connectivity index (χ1v) is 30.3. The minimum absolute atomic E-state index is 0.0482. The quantitative estimate of drug-likeness (QED) is 0.0228. The Morgan fingerprint density at radius 3 is 1.31 bits per heavy atom. The summed E-state index contributed by atoms with van der Waals surface area (Å²) in [5, 5.41) is 31.5. The van der Waals surface area contributed by atoms with Crippen molar-refractivity contribution in [3.63, 3.8) is 0 Å². The number of unbranched alkanes of at least 4 members (excludes halogenated alkanes) is 27. The Hall–Kier alpha value is -3.58. The number of carbonyl (C=O) groups is 4. The third-order valence-electron chi connectivity index (χ3n) is 13.6. The van der Waals surface area contributed by atoms with Crippen LogP contribution >= 0.6 is 0 Å². The SMILES string of the molecule is CC/C=C\C/C=C\C/C=C\CCCCCCCCCC(=O)OC1C(OCC(COC(=O)CCCCCCC/C=C\C/C=C\CCCCC)OC(=O)CCCCCCCCCCCCCCC)OC(C(=O)O)C(O)C1O. The Morgan fingerprint density at radius 2 is 0.840 bits per heavy atom. The number of hydrogen-bond acceptors (Lipinski definition) is 11. The van der Waals surface area contributed by atoms with Crippen molar-refractivity contribution in [1.29, 1.82) is 0 Å². The van der Waals surface area contributed by atoms with Gasteiger partial charge in [-0.25, -0.2) is 4.79 Å². The van der Waals surface area contributed by atoms with Gasteiger partial charge in [0, 0.05) is 19.3 Å². The maximum absolute atomic E-state index is 13.1. The molecule has 0 aromatic rings. The molecule has 75 heavy (non-hydrogen) atoms. The number of rotatable bonds is 51. The van der Waals surface area contributed by atoms with Crippen LogP contribution in [0.2, 0.25) is 0 Å². The number of aliphatic hydroxyl groups excluding tert-OH is 2. The van der Waals surface area contributed by atoms with Crippen LogP contribution in [-0.2, 0) is 42.9 Å². The summed E-state index contributed by atoms with van der Waals surface area (Å²) in [6, 6.07) is 0. The zero-order valence-corrected chi connectivity index (χ0v) is 47.5. The van der Waals surface area contributed by atoms with Crippen molar-refractivity contribution in [2.75, 3.05) is 13.2 Å². The van der Waals surface area contributed by atoms with E-state index in [1.807, 2.05) is 0 Å². The lowest BCUT2D eigenvalue weighted by molar-refractivity contribution is -0.301. The summed E-state index contributed by atoms with van der Waals surface area (Å²) in [5.41, 5.74) is 0. The van der Waals surface area contributed by atoms with E-state index in [0.29, 0.717) is 19.3 Å². The number of esters is 3. The first-order valence-electron chi connectivity index (χ1n) is 30.3. The van der Waals surface area contributed by atoms with Gasteiger partial charge >= 0.3 is 23.9 Å². The Morgan fingerprint density at radius 1 is 0.453 bits per heavy atom. The number of carbonyl (C=O) groups excluding carboxylic acids is 3. The third-order valence-corrected chi connectivity index (χ3v) is 13.6. The first kappa shape index (κ1) is 69.4. The van der Waals surface area contributed by atoms with Crippen molar-refractivity contribution in [2.45, 2.75) is 302 Å². The second-order valence-electron chi connectivity index (χ2n) is 20.6. The van der Waals surface area contributed by atoms with Crippen LogP contribution < -0.4 is 0 Å². The highest BCUT2D eigenvalue weighted by Crippen LogP contribution is 2.26. The highest BCUT2D eigenvalue weighted by atomic mass is 16.7. The lowest BCUT2D eigenvalue weighted by Gasteiger charge is -2.40. The van der Waals surface area contributed by atoms with Crippen LogP contribution in [0.15, 0.2) is 60.8 Å².